The van der Waals surface area contributed by atoms with Gasteiger partial charge in [0.05, 0.1) is 12.7 Å². The van der Waals surface area contributed by atoms with E-state index in [2.05, 4.69) is 37.0 Å². The van der Waals surface area contributed by atoms with E-state index in [9.17, 15) is 9.90 Å². The van der Waals surface area contributed by atoms with Crippen LogP contribution >= 0.6 is 0 Å². The molecule has 1 unspecified atom stereocenters. The van der Waals surface area contributed by atoms with Gasteiger partial charge in [-0.05, 0) is 104 Å². The smallest absolute Gasteiger partial charge is 0.243 e. The summed E-state index contributed by atoms with van der Waals surface area (Å²) < 4.78 is 5.98. The van der Waals surface area contributed by atoms with Gasteiger partial charge in [-0.3, -0.25) is 4.79 Å². The molecule has 0 aromatic heterocycles. The number of hydrogen-bond donors (Lipinski definition) is 2. The number of unbranched alkanes of at least 4 members (excludes halogenated alkanes) is 1. The standard InChI is InChI=1S/C25H35NO3/c1-3-24(28)26-14-4-5-15-29-18-7-9-19-17(16-18)6-8-21-20(19)12-13-25(2)22(21)10-11-23(25)27/h3,7,9,16,20-23,27H,1,4-6,8,10-15H2,2H3,(H,26,28)/t20-,21-,22+,23?,25+/m1/s1. The molecule has 0 saturated heterocycles. The molecule has 3 aliphatic carbocycles. The van der Waals surface area contributed by atoms with E-state index in [4.69, 9.17) is 4.74 Å². The van der Waals surface area contributed by atoms with Crippen molar-refractivity contribution in [3.8, 4) is 5.75 Å². The van der Waals surface area contributed by atoms with E-state index >= 15 is 0 Å². The number of aliphatic hydroxyl groups excluding tert-OH is 1. The molecule has 1 amide bonds. The Bertz CT molecular complexity index is 760. The SMILES string of the molecule is C=CC(=O)NCCCCOc1ccc2c(c1)CC[C@@H]1[C@@H]2CC[C@]2(C)C(O)CC[C@@H]12. The Kier molecular flexibility index (Phi) is 6.00. The fourth-order valence-corrected chi connectivity index (χ4v) is 6.32. The van der Waals surface area contributed by atoms with E-state index in [-0.39, 0.29) is 17.4 Å². The van der Waals surface area contributed by atoms with E-state index in [1.165, 1.54) is 36.5 Å². The van der Waals surface area contributed by atoms with Crippen molar-refractivity contribution in [1.82, 2.24) is 5.32 Å². The summed E-state index contributed by atoms with van der Waals surface area (Å²) in [5.41, 5.74) is 3.14. The molecule has 0 bridgehead atoms. The van der Waals surface area contributed by atoms with Crippen molar-refractivity contribution in [2.45, 2.75) is 70.3 Å². The molecule has 1 aromatic rings. The van der Waals surface area contributed by atoms with Crippen molar-refractivity contribution in [2.75, 3.05) is 13.2 Å². The largest absolute Gasteiger partial charge is 0.494 e. The van der Waals surface area contributed by atoms with Crippen LogP contribution in [0, 0.1) is 17.3 Å². The summed E-state index contributed by atoms with van der Waals surface area (Å²) in [6, 6.07) is 6.69. The number of fused-ring (bicyclic) bond motifs is 5. The molecular formula is C25H35NO3. The summed E-state index contributed by atoms with van der Waals surface area (Å²) in [7, 11) is 0. The zero-order valence-corrected chi connectivity index (χ0v) is 17.7. The summed E-state index contributed by atoms with van der Waals surface area (Å²) in [4.78, 5) is 11.1. The van der Waals surface area contributed by atoms with Crippen LogP contribution < -0.4 is 10.1 Å². The van der Waals surface area contributed by atoms with Gasteiger partial charge in [-0.2, -0.15) is 0 Å². The van der Waals surface area contributed by atoms with Crippen LogP contribution in [-0.4, -0.2) is 30.3 Å². The zero-order valence-electron chi connectivity index (χ0n) is 17.7. The van der Waals surface area contributed by atoms with Crippen LogP contribution in [0.2, 0.25) is 0 Å². The fourth-order valence-electron chi connectivity index (χ4n) is 6.32. The maximum atomic E-state index is 11.1. The Labute approximate surface area is 174 Å². The first kappa shape index (κ1) is 20.5. The molecular weight excluding hydrogens is 362 g/mol. The zero-order chi connectivity index (χ0) is 20.4. The maximum Gasteiger partial charge on any atom is 0.243 e. The van der Waals surface area contributed by atoms with Crippen molar-refractivity contribution < 1.29 is 14.6 Å². The second-order valence-corrected chi connectivity index (χ2v) is 9.46. The minimum absolute atomic E-state index is 0.101. The third-order valence-electron chi connectivity index (χ3n) is 7.97. The van der Waals surface area contributed by atoms with Crippen LogP contribution in [0.5, 0.6) is 5.75 Å². The van der Waals surface area contributed by atoms with Gasteiger partial charge in [-0.25, -0.2) is 0 Å². The number of carbonyl (C=O) groups is 1. The molecule has 4 nitrogen and oxygen atoms in total. The lowest BCUT2D eigenvalue weighted by molar-refractivity contribution is -0.116. The average Bonchev–Trinajstić information content (AvgIpc) is 3.04. The normalized spacial score (nSPS) is 32.6. The molecule has 0 heterocycles. The predicted octanol–water partition coefficient (Wildman–Crippen LogP) is 4.36. The van der Waals surface area contributed by atoms with Crippen molar-refractivity contribution in [3.63, 3.8) is 0 Å². The highest BCUT2D eigenvalue weighted by Crippen LogP contribution is 2.60. The van der Waals surface area contributed by atoms with Crippen LogP contribution in [0.15, 0.2) is 30.9 Å². The van der Waals surface area contributed by atoms with Gasteiger partial charge in [0.25, 0.3) is 0 Å². The Morgan fingerprint density at radius 3 is 3.00 bits per heavy atom. The molecule has 5 atom stereocenters. The molecule has 0 radical (unpaired) electrons. The quantitative estimate of drug-likeness (QED) is 0.531. The molecule has 2 N–H and O–H groups in total. The summed E-state index contributed by atoms with van der Waals surface area (Å²) in [6.07, 6.45) is 9.94. The first-order valence-corrected chi connectivity index (χ1v) is 11.4. The Balaban J connectivity index is 1.33. The monoisotopic (exact) mass is 397 g/mol. The maximum absolute atomic E-state index is 11.1. The second kappa shape index (κ2) is 8.51. The highest BCUT2D eigenvalue weighted by atomic mass is 16.5. The summed E-state index contributed by atoms with van der Waals surface area (Å²) in [6.45, 7) is 7.12. The molecule has 2 fully saturated rings. The predicted molar refractivity (Wildman–Crippen MR) is 115 cm³/mol. The van der Waals surface area contributed by atoms with Crippen LogP contribution in [0.3, 0.4) is 0 Å². The van der Waals surface area contributed by atoms with Crippen molar-refractivity contribution in [3.05, 3.63) is 42.0 Å². The van der Waals surface area contributed by atoms with Crippen LogP contribution in [0.1, 0.15) is 68.9 Å². The first-order valence-electron chi connectivity index (χ1n) is 11.4. The van der Waals surface area contributed by atoms with Crippen molar-refractivity contribution >= 4 is 5.91 Å². The number of ether oxygens (including phenoxy) is 1. The van der Waals surface area contributed by atoms with E-state index in [0.29, 0.717) is 25.0 Å². The first-order chi connectivity index (χ1) is 14.0. The van der Waals surface area contributed by atoms with E-state index in [1.807, 2.05) is 0 Å². The molecule has 4 rings (SSSR count). The van der Waals surface area contributed by atoms with Crippen LogP contribution in [0.25, 0.3) is 0 Å². The number of benzene rings is 1. The van der Waals surface area contributed by atoms with Crippen LogP contribution in [-0.2, 0) is 11.2 Å². The summed E-state index contributed by atoms with van der Waals surface area (Å²) in [5.74, 6) is 2.92. The molecule has 3 aliphatic rings. The topological polar surface area (TPSA) is 58.6 Å². The number of rotatable bonds is 7. The lowest BCUT2D eigenvalue weighted by atomic mass is 9.55. The minimum atomic E-state index is -0.117. The molecule has 2 saturated carbocycles. The van der Waals surface area contributed by atoms with Gasteiger partial charge >= 0.3 is 0 Å². The number of nitrogens with one attached hydrogen (secondary N) is 1. The van der Waals surface area contributed by atoms with Gasteiger partial charge in [-0.15, -0.1) is 0 Å². The molecule has 0 aliphatic heterocycles. The third-order valence-corrected chi connectivity index (χ3v) is 7.97. The van der Waals surface area contributed by atoms with Crippen molar-refractivity contribution in [2.24, 2.45) is 17.3 Å². The summed E-state index contributed by atoms with van der Waals surface area (Å²) >= 11 is 0. The number of amides is 1. The van der Waals surface area contributed by atoms with E-state index in [1.54, 1.807) is 0 Å². The Morgan fingerprint density at radius 1 is 1.31 bits per heavy atom. The lowest BCUT2D eigenvalue weighted by Gasteiger charge is -2.50. The Morgan fingerprint density at radius 2 is 2.17 bits per heavy atom. The van der Waals surface area contributed by atoms with Gasteiger partial charge < -0.3 is 15.2 Å². The number of carbonyl (C=O) groups excluding carboxylic acids is 1. The van der Waals surface area contributed by atoms with Gasteiger partial charge in [0.2, 0.25) is 5.91 Å². The number of aliphatic hydroxyl groups is 1. The van der Waals surface area contributed by atoms with Crippen LogP contribution in [0.4, 0.5) is 0 Å². The molecule has 0 spiro atoms. The van der Waals surface area contributed by atoms with E-state index in [0.717, 1.165) is 43.8 Å². The van der Waals surface area contributed by atoms with Gasteiger partial charge in [0.1, 0.15) is 5.75 Å². The average molecular weight is 398 g/mol. The van der Waals surface area contributed by atoms with Gasteiger partial charge in [0, 0.05) is 6.54 Å². The van der Waals surface area contributed by atoms with Gasteiger partial charge in [0.15, 0.2) is 0 Å². The Hall–Kier alpha value is -1.81. The van der Waals surface area contributed by atoms with Crippen molar-refractivity contribution in [1.29, 1.82) is 0 Å². The fraction of sp³-hybridized carbons (Fsp3) is 0.640. The van der Waals surface area contributed by atoms with E-state index < -0.39 is 0 Å². The lowest BCUT2D eigenvalue weighted by Crippen LogP contribution is -2.43. The molecule has 4 heteroatoms. The number of hydrogen-bond acceptors (Lipinski definition) is 3. The second-order valence-electron chi connectivity index (χ2n) is 9.46. The molecule has 29 heavy (non-hydrogen) atoms. The summed E-state index contributed by atoms with van der Waals surface area (Å²) in [5, 5.41) is 13.3. The molecule has 158 valence electrons. The highest BCUT2D eigenvalue weighted by Gasteiger charge is 2.54. The highest BCUT2D eigenvalue weighted by molar-refractivity contribution is 5.86. The molecule has 1 aromatic carbocycles. The van der Waals surface area contributed by atoms with Gasteiger partial charge in [-0.1, -0.05) is 19.6 Å². The third kappa shape index (κ3) is 3.96. The number of aryl methyl sites for hydroxylation is 1. The minimum Gasteiger partial charge on any atom is -0.494 e.